The zero-order chi connectivity index (χ0) is 45.0. The minimum Gasteiger partial charge on any atom is -0.490 e. The molecule has 17 nitrogen and oxygen atoms in total. The molecule has 0 aliphatic carbocycles. The third-order valence-electron chi connectivity index (χ3n) is 9.16. The van der Waals surface area contributed by atoms with E-state index in [4.69, 9.17) is 47.4 Å². The van der Waals surface area contributed by atoms with Crippen molar-refractivity contribution in [3.8, 4) is 40.5 Å². The Bertz CT molecular complexity index is 2270. The van der Waals surface area contributed by atoms with Gasteiger partial charge in [0.1, 0.15) is 65.9 Å². The van der Waals surface area contributed by atoms with Crippen molar-refractivity contribution in [3.63, 3.8) is 0 Å². The Balaban J connectivity index is 1.50. The summed E-state index contributed by atoms with van der Waals surface area (Å²) in [6, 6.07) is 13.7. The molecule has 5 atom stereocenters. The van der Waals surface area contributed by atoms with Gasteiger partial charge in [-0.3, -0.25) is 9.59 Å². The summed E-state index contributed by atoms with van der Waals surface area (Å²) in [6.07, 6.45) is 0.315. The predicted octanol–water partition coefficient (Wildman–Crippen LogP) is 4.48. The molecule has 0 spiro atoms. The van der Waals surface area contributed by atoms with Crippen molar-refractivity contribution in [3.05, 3.63) is 76.6 Å². The Morgan fingerprint density at radius 3 is 1.92 bits per heavy atom. The quantitative estimate of drug-likeness (QED) is 0.0641. The highest BCUT2D eigenvalue weighted by atomic mass is 35.5. The monoisotopic (exact) mass is 873 g/mol. The fourth-order valence-electron chi connectivity index (χ4n) is 5.36. The standard InChI is InChI=1S/C42H48ClN9O8S/c1-21(2)34(46)37(53)49-23(5)41(55)59-19-30(60-42(56)24(6)50-38(54)35(47)22(3)4)18-57-29-13-9-25(10-14-29)33-31(15-44)36(48)52-40(32(33)16-45)61-20-28-17-58-39(51-28)26-7-11-27(43)12-8-26/h7-14,17,21-24,30,34-35H,18-20,46-47H2,1-6H3,(H2,48,52)(H,49,53)(H,50,54)/t23-,24?,30-,34-,35-/m0/s1. The van der Waals surface area contributed by atoms with E-state index in [1.54, 1.807) is 76.2 Å². The molecule has 61 heavy (non-hydrogen) atoms. The molecular weight excluding hydrogens is 826 g/mol. The van der Waals surface area contributed by atoms with Crippen LogP contribution in [0.3, 0.4) is 0 Å². The number of nitrogens with one attached hydrogen (secondary N) is 2. The van der Waals surface area contributed by atoms with Gasteiger partial charge in [-0.1, -0.05) is 63.2 Å². The molecule has 0 aliphatic rings. The van der Waals surface area contributed by atoms with E-state index in [2.05, 4.69) is 32.7 Å². The molecule has 0 fully saturated rings. The van der Waals surface area contributed by atoms with Gasteiger partial charge < -0.3 is 46.5 Å². The number of amides is 2. The first kappa shape index (κ1) is 47.5. The second-order valence-electron chi connectivity index (χ2n) is 14.6. The molecule has 0 saturated carbocycles. The number of anilines is 1. The van der Waals surface area contributed by atoms with Crippen LogP contribution in [0.2, 0.25) is 5.02 Å². The first-order valence-electron chi connectivity index (χ1n) is 19.1. The minimum atomic E-state index is -1.18. The molecule has 1 unspecified atom stereocenters. The third-order valence-corrected chi connectivity index (χ3v) is 10.4. The van der Waals surface area contributed by atoms with Gasteiger partial charge in [0.15, 0.2) is 6.10 Å². The number of nitrogens with two attached hydrogens (primary N) is 3. The van der Waals surface area contributed by atoms with Crippen molar-refractivity contribution in [1.82, 2.24) is 20.6 Å². The number of aromatic nitrogens is 2. The van der Waals surface area contributed by atoms with Gasteiger partial charge in [-0.2, -0.15) is 10.5 Å². The van der Waals surface area contributed by atoms with Crippen LogP contribution in [-0.2, 0) is 34.4 Å². The van der Waals surface area contributed by atoms with Crippen LogP contribution in [-0.4, -0.2) is 77.2 Å². The SMILES string of the molecule is CC(NC(=O)[C@@H](N)C(C)C)C(=O)O[C@H](COC(=O)[C@H](C)NC(=O)[C@@H](N)C(C)C)COc1ccc(-c2c(C#N)c(N)nc(SCc3coc(-c4ccc(Cl)cc4)n3)c2C#N)cc1. The van der Waals surface area contributed by atoms with Crippen molar-refractivity contribution in [2.75, 3.05) is 18.9 Å². The van der Waals surface area contributed by atoms with E-state index in [0.29, 0.717) is 22.2 Å². The van der Waals surface area contributed by atoms with Gasteiger partial charge in [0, 0.05) is 21.9 Å². The Labute approximate surface area is 362 Å². The van der Waals surface area contributed by atoms with Gasteiger partial charge in [-0.15, -0.1) is 0 Å². The van der Waals surface area contributed by atoms with E-state index < -0.39 is 60.6 Å². The van der Waals surface area contributed by atoms with Crippen LogP contribution in [0.1, 0.15) is 58.4 Å². The molecule has 2 aromatic heterocycles. The number of thioether (sulfide) groups is 1. The fraction of sp³-hybridized carbons (Fsp3) is 0.381. The molecule has 0 aliphatic heterocycles. The number of carbonyl (C=O) groups is 4. The summed E-state index contributed by atoms with van der Waals surface area (Å²) in [5.74, 6) is -2.27. The van der Waals surface area contributed by atoms with Crippen LogP contribution in [0, 0.1) is 34.5 Å². The summed E-state index contributed by atoms with van der Waals surface area (Å²) in [4.78, 5) is 59.8. The topological polar surface area (TPSA) is 285 Å². The summed E-state index contributed by atoms with van der Waals surface area (Å²) in [7, 11) is 0. The average Bonchev–Trinajstić information content (AvgIpc) is 3.72. The van der Waals surface area contributed by atoms with E-state index in [-0.39, 0.29) is 57.5 Å². The molecule has 322 valence electrons. The minimum absolute atomic E-state index is 0.00184. The van der Waals surface area contributed by atoms with Crippen LogP contribution < -0.4 is 32.6 Å². The first-order chi connectivity index (χ1) is 28.9. The van der Waals surface area contributed by atoms with Crippen molar-refractivity contribution in [2.45, 2.75) is 82.6 Å². The lowest BCUT2D eigenvalue weighted by atomic mass is 9.97. The van der Waals surface area contributed by atoms with Gasteiger partial charge in [0.2, 0.25) is 17.7 Å². The Hall–Kier alpha value is -6.18. The van der Waals surface area contributed by atoms with E-state index >= 15 is 0 Å². The first-order valence-corrected chi connectivity index (χ1v) is 20.5. The number of pyridine rings is 1. The van der Waals surface area contributed by atoms with Gasteiger partial charge in [-0.25, -0.2) is 19.6 Å². The van der Waals surface area contributed by atoms with E-state index in [1.165, 1.54) is 31.9 Å². The number of hydrogen-bond donors (Lipinski definition) is 5. The number of halogens is 1. The van der Waals surface area contributed by atoms with Crippen LogP contribution in [0.4, 0.5) is 5.82 Å². The summed E-state index contributed by atoms with van der Waals surface area (Å²) >= 11 is 7.19. The van der Waals surface area contributed by atoms with Gasteiger partial charge in [0.25, 0.3) is 0 Å². The lowest BCUT2D eigenvalue weighted by Crippen LogP contribution is -2.51. The number of ether oxygens (including phenoxy) is 3. The molecular formula is C42H48ClN9O8S. The Morgan fingerprint density at radius 2 is 1.36 bits per heavy atom. The van der Waals surface area contributed by atoms with Gasteiger partial charge >= 0.3 is 11.9 Å². The van der Waals surface area contributed by atoms with E-state index in [9.17, 15) is 29.7 Å². The second kappa shape index (κ2) is 21.9. The number of nitriles is 2. The summed E-state index contributed by atoms with van der Waals surface area (Å²) < 4.78 is 22.6. The molecule has 4 aromatic rings. The molecule has 4 rings (SSSR count). The maximum Gasteiger partial charge on any atom is 0.328 e. The largest absolute Gasteiger partial charge is 0.490 e. The number of esters is 2. The number of nitrogens with zero attached hydrogens (tertiary/aromatic N) is 4. The molecule has 2 aromatic carbocycles. The zero-order valence-corrected chi connectivity index (χ0v) is 36.0. The molecule has 2 heterocycles. The number of rotatable bonds is 19. The third kappa shape index (κ3) is 12.9. The van der Waals surface area contributed by atoms with Crippen molar-refractivity contribution in [2.24, 2.45) is 23.3 Å². The maximum absolute atomic E-state index is 13.1. The summed E-state index contributed by atoms with van der Waals surface area (Å²) in [5.41, 5.74) is 20.2. The van der Waals surface area contributed by atoms with Crippen LogP contribution in [0.5, 0.6) is 5.75 Å². The maximum atomic E-state index is 13.1. The number of benzene rings is 2. The van der Waals surface area contributed by atoms with E-state index in [1.807, 2.05) is 0 Å². The van der Waals surface area contributed by atoms with Gasteiger partial charge in [0.05, 0.1) is 23.3 Å². The lowest BCUT2D eigenvalue weighted by Gasteiger charge is -2.23. The van der Waals surface area contributed by atoms with Crippen molar-refractivity contribution >= 4 is 52.9 Å². The molecule has 0 radical (unpaired) electrons. The normalized spacial score (nSPS) is 13.5. The summed E-state index contributed by atoms with van der Waals surface area (Å²) in [5, 5.41) is 26.2. The molecule has 0 bridgehead atoms. The number of nitrogen functional groups attached to an aromatic ring is 1. The van der Waals surface area contributed by atoms with Crippen molar-refractivity contribution in [1.29, 1.82) is 10.5 Å². The Kier molecular flexibility index (Phi) is 17.0. The van der Waals surface area contributed by atoms with Crippen LogP contribution >= 0.6 is 23.4 Å². The highest BCUT2D eigenvalue weighted by Crippen LogP contribution is 2.37. The average molecular weight is 874 g/mol. The van der Waals surface area contributed by atoms with Crippen LogP contribution in [0.25, 0.3) is 22.6 Å². The fourth-order valence-corrected chi connectivity index (χ4v) is 6.36. The van der Waals surface area contributed by atoms with Crippen LogP contribution in [0.15, 0.2) is 64.2 Å². The van der Waals surface area contributed by atoms with Crippen molar-refractivity contribution < 1.29 is 37.8 Å². The number of carbonyl (C=O) groups excluding carboxylic acids is 4. The highest BCUT2D eigenvalue weighted by molar-refractivity contribution is 7.98. The van der Waals surface area contributed by atoms with E-state index in [0.717, 1.165) is 5.56 Å². The lowest BCUT2D eigenvalue weighted by molar-refractivity contribution is -0.163. The number of oxazole rings is 1. The Morgan fingerprint density at radius 1 is 0.803 bits per heavy atom. The molecule has 2 amide bonds. The highest BCUT2D eigenvalue weighted by Gasteiger charge is 2.28. The summed E-state index contributed by atoms with van der Waals surface area (Å²) in [6.45, 7) is 9.09. The molecule has 8 N–H and O–H groups in total. The second-order valence-corrected chi connectivity index (χ2v) is 16.0. The smallest absolute Gasteiger partial charge is 0.328 e. The predicted molar refractivity (Wildman–Crippen MR) is 227 cm³/mol. The molecule has 19 heteroatoms. The molecule has 0 saturated heterocycles. The van der Waals surface area contributed by atoms with Gasteiger partial charge in [-0.05, 0) is 67.6 Å². The number of hydrogen-bond acceptors (Lipinski definition) is 16. The zero-order valence-electron chi connectivity index (χ0n) is 34.4.